The van der Waals surface area contributed by atoms with Crippen LogP contribution in [0.25, 0.3) is 0 Å². The molecule has 26 heavy (non-hydrogen) atoms. The van der Waals surface area contributed by atoms with E-state index in [1.807, 2.05) is 35.0 Å². The van der Waals surface area contributed by atoms with Gasteiger partial charge in [-0.05, 0) is 41.8 Å². The zero-order chi connectivity index (χ0) is 17.9. The number of hydrogen-bond acceptors (Lipinski definition) is 3. The van der Waals surface area contributed by atoms with Crippen molar-refractivity contribution in [3.05, 3.63) is 83.4 Å². The molecular weight excluding hydrogens is 328 g/mol. The number of benzene rings is 2. The molecule has 2 aromatic carbocycles. The van der Waals surface area contributed by atoms with Gasteiger partial charge in [-0.3, -0.25) is 9.59 Å². The van der Waals surface area contributed by atoms with E-state index in [0.717, 1.165) is 17.5 Å². The fraction of sp³-hybridized carbons (Fsp3) is 0.150. The molecule has 3 aromatic rings. The van der Waals surface area contributed by atoms with Crippen LogP contribution in [0.3, 0.4) is 0 Å². The standard InChI is InChI=1S/C20H18N4O2/c25-19(16-3-1-14(2-4-16)12-24-10-9-21-13-24)23-17-6-5-15-7-8-22-20(26)18(15)11-17/h1-6,9-11,13H,7-8,12H2,(H,22,26)(H,23,25). The molecule has 130 valence electrons. The minimum Gasteiger partial charge on any atom is -0.352 e. The van der Waals surface area contributed by atoms with Crippen LogP contribution in [0.1, 0.15) is 31.8 Å². The second-order valence-electron chi connectivity index (χ2n) is 6.26. The highest BCUT2D eigenvalue weighted by Gasteiger charge is 2.17. The molecule has 6 heteroatoms. The third-order valence-electron chi connectivity index (χ3n) is 4.43. The quantitative estimate of drug-likeness (QED) is 0.762. The van der Waals surface area contributed by atoms with Gasteiger partial charge in [-0.25, -0.2) is 4.98 Å². The second kappa shape index (κ2) is 6.84. The summed E-state index contributed by atoms with van der Waals surface area (Å²) in [6, 6.07) is 12.9. The molecule has 0 radical (unpaired) electrons. The van der Waals surface area contributed by atoms with Gasteiger partial charge in [0.25, 0.3) is 11.8 Å². The molecule has 4 rings (SSSR count). The fourth-order valence-corrected chi connectivity index (χ4v) is 3.05. The van der Waals surface area contributed by atoms with Gasteiger partial charge in [0.2, 0.25) is 0 Å². The van der Waals surface area contributed by atoms with Crippen molar-refractivity contribution < 1.29 is 9.59 Å². The van der Waals surface area contributed by atoms with Gasteiger partial charge in [0.15, 0.2) is 0 Å². The Morgan fingerprint density at radius 2 is 2.04 bits per heavy atom. The lowest BCUT2D eigenvalue weighted by Crippen LogP contribution is -2.31. The molecule has 1 aliphatic heterocycles. The van der Waals surface area contributed by atoms with Gasteiger partial charge in [0.1, 0.15) is 0 Å². The minimum absolute atomic E-state index is 0.0915. The van der Waals surface area contributed by atoms with Gasteiger partial charge >= 0.3 is 0 Å². The first-order valence-electron chi connectivity index (χ1n) is 8.46. The van der Waals surface area contributed by atoms with Crippen LogP contribution in [-0.2, 0) is 13.0 Å². The lowest BCUT2D eigenvalue weighted by atomic mass is 9.99. The molecule has 0 spiro atoms. The van der Waals surface area contributed by atoms with Crippen LogP contribution in [-0.4, -0.2) is 27.9 Å². The Morgan fingerprint density at radius 3 is 2.81 bits per heavy atom. The number of imidazole rings is 1. The number of fused-ring (bicyclic) bond motifs is 1. The summed E-state index contributed by atoms with van der Waals surface area (Å²) in [7, 11) is 0. The topological polar surface area (TPSA) is 76.0 Å². The third kappa shape index (κ3) is 3.35. The van der Waals surface area contributed by atoms with Crippen molar-refractivity contribution in [2.45, 2.75) is 13.0 Å². The van der Waals surface area contributed by atoms with Gasteiger partial charge in [-0.15, -0.1) is 0 Å². The highest BCUT2D eigenvalue weighted by Crippen LogP contribution is 2.20. The molecule has 0 fully saturated rings. The lowest BCUT2D eigenvalue weighted by molar-refractivity contribution is 0.0944. The first kappa shape index (κ1) is 16.1. The van der Waals surface area contributed by atoms with Gasteiger partial charge in [-0.1, -0.05) is 18.2 Å². The SMILES string of the molecule is O=C(Nc1ccc2c(c1)C(=O)NCC2)c1ccc(Cn2ccnc2)cc1. The summed E-state index contributed by atoms with van der Waals surface area (Å²) in [4.78, 5) is 28.4. The number of amides is 2. The monoisotopic (exact) mass is 346 g/mol. The zero-order valence-electron chi connectivity index (χ0n) is 14.1. The van der Waals surface area contributed by atoms with Gasteiger partial charge in [0, 0.05) is 42.3 Å². The van der Waals surface area contributed by atoms with Crippen LogP contribution < -0.4 is 10.6 Å². The van der Waals surface area contributed by atoms with Crippen molar-refractivity contribution in [2.24, 2.45) is 0 Å². The van der Waals surface area contributed by atoms with Crippen molar-refractivity contribution in [3.63, 3.8) is 0 Å². The van der Waals surface area contributed by atoms with Gasteiger partial charge in [-0.2, -0.15) is 0 Å². The number of carbonyl (C=O) groups excluding carboxylic acids is 2. The van der Waals surface area contributed by atoms with E-state index in [2.05, 4.69) is 15.6 Å². The van der Waals surface area contributed by atoms with Crippen molar-refractivity contribution in [1.29, 1.82) is 0 Å². The minimum atomic E-state index is -0.199. The van der Waals surface area contributed by atoms with E-state index in [9.17, 15) is 9.59 Å². The van der Waals surface area contributed by atoms with E-state index >= 15 is 0 Å². The Bertz CT molecular complexity index is 946. The summed E-state index contributed by atoms with van der Waals surface area (Å²) >= 11 is 0. The van der Waals surface area contributed by atoms with E-state index < -0.39 is 0 Å². The Labute approximate surface area is 150 Å². The highest BCUT2D eigenvalue weighted by atomic mass is 16.2. The summed E-state index contributed by atoms with van der Waals surface area (Å²) in [5.41, 5.74) is 3.92. The summed E-state index contributed by atoms with van der Waals surface area (Å²) in [5, 5.41) is 5.68. The Hall–Kier alpha value is -3.41. The summed E-state index contributed by atoms with van der Waals surface area (Å²) in [5.74, 6) is -0.290. The molecule has 2 amide bonds. The van der Waals surface area contributed by atoms with E-state index in [1.54, 1.807) is 30.7 Å². The van der Waals surface area contributed by atoms with Crippen molar-refractivity contribution in [1.82, 2.24) is 14.9 Å². The Balaban J connectivity index is 1.46. The molecule has 0 bridgehead atoms. The molecule has 6 nitrogen and oxygen atoms in total. The van der Waals surface area contributed by atoms with Crippen molar-refractivity contribution in [2.75, 3.05) is 11.9 Å². The highest BCUT2D eigenvalue weighted by molar-refractivity contribution is 6.05. The average Bonchev–Trinajstić information content (AvgIpc) is 3.16. The van der Waals surface area contributed by atoms with Crippen molar-refractivity contribution >= 4 is 17.5 Å². The molecule has 1 aromatic heterocycles. The van der Waals surface area contributed by atoms with Crippen LogP contribution in [0.2, 0.25) is 0 Å². The van der Waals surface area contributed by atoms with E-state index in [-0.39, 0.29) is 11.8 Å². The van der Waals surface area contributed by atoms with E-state index in [0.29, 0.717) is 29.9 Å². The first-order chi connectivity index (χ1) is 12.7. The number of nitrogens with zero attached hydrogens (tertiary/aromatic N) is 2. The Kier molecular flexibility index (Phi) is 4.23. The molecule has 1 aliphatic rings. The van der Waals surface area contributed by atoms with Crippen LogP contribution in [0.4, 0.5) is 5.69 Å². The second-order valence-corrected chi connectivity index (χ2v) is 6.26. The number of aromatic nitrogens is 2. The lowest BCUT2D eigenvalue weighted by Gasteiger charge is -2.17. The fourth-order valence-electron chi connectivity index (χ4n) is 3.05. The number of nitrogens with one attached hydrogen (secondary N) is 2. The maximum absolute atomic E-state index is 12.5. The summed E-state index contributed by atoms with van der Waals surface area (Å²) in [6.07, 6.45) is 6.20. The normalized spacial score (nSPS) is 13.0. The van der Waals surface area contributed by atoms with E-state index in [1.165, 1.54) is 0 Å². The van der Waals surface area contributed by atoms with Crippen LogP contribution in [0.5, 0.6) is 0 Å². The predicted molar refractivity (Wildman–Crippen MR) is 98.2 cm³/mol. The van der Waals surface area contributed by atoms with Crippen LogP contribution in [0.15, 0.2) is 61.2 Å². The van der Waals surface area contributed by atoms with Crippen LogP contribution >= 0.6 is 0 Å². The number of hydrogen-bond donors (Lipinski definition) is 2. The number of rotatable bonds is 4. The zero-order valence-corrected chi connectivity index (χ0v) is 14.1. The molecule has 0 saturated carbocycles. The largest absolute Gasteiger partial charge is 0.352 e. The molecule has 0 unspecified atom stereocenters. The predicted octanol–water partition coefficient (Wildman–Crippen LogP) is 2.47. The smallest absolute Gasteiger partial charge is 0.255 e. The number of carbonyl (C=O) groups is 2. The first-order valence-corrected chi connectivity index (χ1v) is 8.46. The summed E-state index contributed by atoms with van der Waals surface area (Å²) in [6.45, 7) is 1.37. The summed E-state index contributed by atoms with van der Waals surface area (Å²) < 4.78 is 1.97. The molecule has 0 saturated heterocycles. The molecular formula is C20H18N4O2. The Morgan fingerprint density at radius 1 is 1.19 bits per heavy atom. The van der Waals surface area contributed by atoms with Crippen molar-refractivity contribution in [3.8, 4) is 0 Å². The number of anilines is 1. The van der Waals surface area contributed by atoms with Crippen LogP contribution in [0, 0.1) is 0 Å². The molecule has 2 N–H and O–H groups in total. The third-order valence-corrected chi connectivity index (χ3v) is 4.43. The molecule has 0 atom stereocenters. The molecule has 0 aliphatic carbocycles. The van der Waals surface area contributed by atoms with Gasteiger partial charge < -0.3 is 15.2 Å². The van der Waals surface area contributed by atoms with E-state index in [4.69, 9.17) is 0 Å². The maximum Gasteiger partial charge on any atom is 0.255 e. The average molecular weight is 346 g/mol. The van der Waals surface area contributed by atoms with Gasteiger partial charge in [0.05, 0.1) is 6.33 Å². The molecule has 2 heterocycles. The maximum atomic E-state index is 12.5.